The number of hydrogen-bond donors (Lipinski definition) is 1. The Hall–Kier alpha value is -2.22. The Labute approximate surface area is 163 Å². The third-order valence-electron chi connectivity index (χ3n) is 3.78. The van der Waals surface area contributed by atoms with Gasteiger partial charge in [-0.15, -0.1) is 0 Å². The Bertz CT molecular complexity index is 970. The minimum absolute atomic E-state index is 0.0812. The van der Waals surface area contributed by atoms with E-state index in [1.54, 1.807) is 19.1 Å². The van der Waals surface area contributed by atoms with Crippen LogP contribution in [-0.2, 0) is 4.79 Å². The fraction of sp³-hybridized carbons (Fsp3) is 0.0556. The smallest absolute Gasteiger partial charge is 0.336 e. The van der Waals surface area contributed by atoms with Gasteiger partial charge in [0.2, 0.25) is 0 Å². The van der Waals surface area contributed by atoms with Crippen molar-refractivity contribution in [3.8, 4) is 0 Å². The first-order valence-corrected chi connectivity index (χ1v) is 8.96. The van der Waals surface area contributed by atoms with E-state index in [-0.39, 0.29) is 25.4 Å². The van der Waals surface area contributed by atoms with Gasteiger partial charge in [0.15, 0.2) is 4.32 Å². The van der Waals surface area contributed by atoms with Gasteiger partial charge in [-0.2, -0.15) is 0 Å². The van der Waals surface area contributed by atoms with Gasteiger partial charge in [-0.1, -0.05) is 47.7 Å². The summed E-state index contributed by atoms with van der Waals surface area (Å²) in [5.74, 6) is -2.10. The standard InChI is InChI=1S/C18H11ClFNO3S2/c1-9-5-6-10(7-11(9)17(23)24)21-16(22)15(26-18(21)25)8-12-13(19)3-2-4-14(12)20/h2-8H,1H3,(H,23,24)/b15-8-. The second-order valence-corrected chi connectivity index (χ2v) is 7.54. The molecule has 8 heteroatoms. The Balaban J connectivity index is 2.02. The van der Waals surface area contributed by atoms with Crippen LogP contribution in [0.4, 0.5) is 10.1 Å². The first-order chi connectivity index (χ1) is 12.3. The summed E-state index contributed by atoms with van der Waals surface area (Å²) in [5, 5.41) is 9.44. The van der Waals surface area contributed by atoms with Crippen LogP contribution in [0.2, 0.25) is 5.02 Å². The molecule has 26 heavy (non-hydrogen) atoms. The number of carboxylic acids is 1. The van der Waals surface area contributed by atoms with Gasteiger partial charge in [-0.05, 0) is 42.8 Å². The van der Waals surface area contributed by atoms with Crippen LogP contribution >= 0.6 is 35.6 Å². The summed E-state index contributed by atoms with van der Waals surface area (Å²) in [4.78, 5) is 25.5. The van der Waals surface area contributed by atoms with E-state index < -0.39 is 17.7 Å². The van der Waals surface area contributed by atoms with E-state index in [0.29, 0.717) is 11.3 Å². The van der Waals surface area contributed by atoms with Crippen LogP contribution in [0.25, 0.3) is 6.08 Å². The van der Waals surface area contributed by atoms with Gasteiger partial charge in [-0.25, -0.2) is 9.18 Å². The van der Waals surface area contributed by atoms with Crippen molar-refractivity contribution < 1.29 is 19.1 Å². The Morgan fingerprint density at radius 1 is 1.35 bits per heavy atom. The van der Waals surface area contributed by atoms with E-state index in [4.69, 9.17) is 23.8 Å². The first-order valence-electron chi connectivity index (χ1n) is 7.35. The fourth-order valence-electron chi connectivity index (χ4n) is 2.45. The average molecular weight is 408 g/mol. The SMILES string of the molecule is Cc1ccc(N2C(=O)/C(=C/c3c(F)cccc3Cl)SC2=S)cc1C(=O)O. The van der Waals surface area contributed by atoms with E-state index in [2.05, 4.69) is 0 Å². The zero-order chi connectivity index (χ0) is 19.0. The Morgan fingerprint density at radius 3 is 2.73 bits per heavy atom. The van der Waals surface area contributed by atoms with Crippen LogP contribution in [0.15, 0.2) is 41.3 Å². The molecule has 1 N–H and O–H groups in total. The number of thioether (sulfide) groups is 1. The third kappa shape index (κ3) is 3.38. The highest BCUT2D eigenvalue weighted by Crippen LogP contribution is 2.37. The molecular weight excluding hydrogens is 397 g/mol. The monoisotopic (exact) mass is 407 g/mol. The van der Waals surface area contributed by atoms with E-state index in [1.165, 1.54) is 35.2 Å². The molecule has 0 aliphatic carbocycles. The number of aromatic carboxylic acids is 1. The minimum Gasteiger partial charge on any atom is -0.478 e. The van der Waals surface area contributed by atoms with Crippen molar-refractivity contribution in [3.05, 3.63) is 68.8 Å². The lowest BCUT2D eigenvalue weighted by atomic mass is 10.1. The van der Waals surface area contributed by atoms with Crippen LogP contribution in [0.5, 0.6) is 0 Å². The predicted octanol–water partition coefficient (Wildman–Crippen LogP) is 4.89. The van der Waals surface area contributed by atoms with E-state index in [0.717, 1.165) is 11.8 Å². The highest BCUT2D eigenvalue weighted by Gasteiger charge is 2.34. The molecule has 1 amide bonds. The lowest BCUT2D eigenvalue weighted by Gasteiger charge is -2.16. The second kappa shape index (κ2) is 7.19. The number of hydrogen-bond acceptors (Lipinski definition) is 4. The Morgan fingerprint density at radius 2 is 2.08 bits per heavy atom. The van der Waals surface area contributed by atoms with Gasteiger partial charge >= 0.3 is 5.97 Å². The molecule has 2 aromatic carbocycles. The van der Waals surface area contributed by atoms with Crippen molar-refractivity contribution >= 4 is 63.5 Å². The van der Waals surface area contributed by atoms with Gasteiger partial charge < -0.3 is 5.11 Å². The Kier molecular flexibility index (Phi) is 5.13. The first kappa shape index (κ1) is 18.6. The van der Waals surface area contributed by atoms with E-state index >= 15 is 0 Å². The van der Waals surface area contributed by atoms with Crippen molar-refractivity contribution in [2.24, 2.45) is 0 Å². The fourth-order valence-corrected chi connectivity index (χ4v) is 3.95. The lowest BCUT2D eigenvalue weighted by molar-refractivity contribution is -0.113. The average Bonchev–Trinajstić information content (AvgIpc) is 2.85. The molecular formula is C18H11ClFNO3S2. The lowest BCUT2D eigenvalue weighted by Crippen LogP contribution is -2.27. The molecule has 0 spiro atoms. The zero-order valence-corrected chi connectivity index (χ0v) is 15.7. The summed E-state index contributed by atoms with van der Waals surface area (Å²) < 4.78 is 14.2. The molecule has 1 aliphatic rings. The van der Waals surface area contributed by atoms with Crippen LogP contribution in [0.3, 0.4) is 0 Å². The number of rotatable bonds is 3. The number of aryl methyl sites for hydroxylation is 1. The van der Waals surface area contributed by atoms with Gasteiger partial charge in [0.05, 0.1) is 21.2 Å². The topological polar surface area (TPSA) is 57.6 Å². The summed E-state index contributed by atoms with van der Waals surface area (Å²) >= 11 is 12.3. The third-order valence-corrected chi connectivity index (χ3v) is 5.41. The maximum Gasteiger partial charge on any atom is 0.336 e. The number of nitrogens with zero attached hydrogens (tertiary/aromatic N) is 1. The predicted molar refractivity (Wildman–Crippen MR) is 105 cm³/mol. The molecule has 3 rings (SSSR count). The summed E-state index contributed by atoms with van der Waals surface area (Å²) in [5.41, 5.74) is 1.10. The summed E-state index contributed by atoms with van der Waals surface area (Å²) in [6.07, 6.45) is 1.35. The highest BCUT2D eigenvalue weighted by atomic mass is 35.5. The van der Waals surface area contributed by atoms with E-state index in [1.807, 2.05) is 0 Å². The number of carbonyl (C=O) groups is 2. The van der Waals surface area contributed by atoms with Gasteiger partial charge in [-0.3, -0.25) is 9.69 Å². The van der Waals surface area contributed by atoms with Gasteiger partial charge in [0.25, 0.3) is 5.91 Å². The van der Waals surface area contributed by atoms with Crippen LogP contribution in [0.1, 0.15) is 21.5 Å². The summed E-state index contributed by atoms with van der Waals surface area (Å²) in [6.45, 7) is 1.66. The van der Waals surface area contributed by atoms with Gasteiger partial charge in [0.1, 0.15) is 5.82 Å². The summed E-state index contributed by atoms with van der Waals surface area (Å²) in [6, 6.07) is 8.86. The van der Waals surface area contributed by atoms with Crippen LogP contribution in [0, 0.1) is 12.7 Å². The molecule has 4 nitrogen and oxygen atoms in total. The highest BCUT2D eigenvalue weighted by molar-refractivity contribution is 8.27. The second-order valence-electron chi connectivity index (χ2n) is 5.46. The molecule has 1 saturated heterocycles. The van der Waals surface area contributed by atoms with Crippen LogP contribution < -0.4 is 4.90 Å². The van der Waals surface area contributed by atoms with Gasteiger partial charge in [0, 0.05) is 5.56 Å². The zero-order valence-electron chi connectivity index (χ0n) is 13.3. The molecule has 2 aromatic rings. The number of thiocarbonyl (C=S) groups is 1. The number of amides is 1. The molecule has 1 aliphatic heterocycles. The van der Waals surface area contributed by atoms with E-state index in [9.17, 15) is 19.1 Å². The maximum atomic E-state index is 14.0. The largest absolute Gasteiger partial charge is 0.478 e. The molecule has 1 fully saturated rings. The molecule has 0 bridgehead atoms. The number of anilines is 1. The van der Waals surface area contributed by atoms with Crippen LogP contribution in [-0.4, -0.2) is 21.3 Å². The number of carbonyl (C=O) groups excluding carboxylic acids is 1. The number of halogens is 2. The van der Waals surface area contributed by atoms with Crippen molar-refractivity contribution in [3.63, 3.8) is 0 Å². The molecule has 132 valence electrons. The van der Waals surface area contributed by atoms with Crippen molar-refractivity contribution in [2.45, 2.75) is 6.92 Å². The summed E-state index contributed by atoms with van der Waals surface area (Å²) in [7, 11) is 0. The van der Waals surface area contributed by atoms with Crippen molar-refractivity contribution in [2.75, 3.05) is 4.90 Å². The molecule has 0 unspecified atom stereocenters. The molecule has 1 heterocycles. The maximum absolute atomic E-state index is 14.0. The molecule has 0 atom stereocenters. The molecule has 0 radical (unpaired) electrons. The van der Waals surface area contributed by atoms with Crippen molar-refractivity contribution in [1.29, 1.82) is 0 Å². The normalized spacial score (nSPS) is 15.8. The minimum atomic E-state index is -1.09. The van der Waals surface area contributed by atoms with Crippen molar-refractivity contribution in [1.82, 2.24) is 0 Å². The number of carboxylic acid groups (broad SMARTS) is 1. The molecule has 0 aromatic heterocycles. The number of benzene rings is 2. The quantitative estimate of drug-likeness (QED) is 0.579. The molecule has 0 saturated carbocycles.